The number of halogens is 1. The van der Waals surface area contributed by atoms with E-state index in [-0.39, 0.29) is 24.6 Å². The highest BCUT2D eigenvalue weighted by Gasteiger charge is 2.27. The first-order chi connectivity index (χ1) is 14.9. The van der Waals surface area contributed by atoms with Crippen LogP contribution in [-0.2, 0) is 14.8 Å². The van der Waals surface area contributed by atoms with Gasteiger partial charge in [0.1, 0.15) is 18.9 Å². The summed E-state index contributed by atoms with van der Waals surface area (Å²) >= 11 is 5.84. The van der Waals surface area contributed by atoms with Gasteiger partial charge in [-0.15, -0.1) is 0 Å². The second kappa shape index (κ2) is 10.3. The van der Waals surface area contributed by atoms with E-state index in [1.165, 1.54) is 12.1 Å². The van der Waals surface area contributed by atoms with Crippen LogP contribution in [0.3, 0.4) is 0 Å². The van der Waals surface area contributed by atoms with Crippen LogP contribution in [0.4, 0.5) is 5.69 Å². The molecule has 1 amide bonds. The van der Waals surface area contributed by atoms with Crippen molar-refractivity contribution < 1.29 is 17.9 Å². The summed E-state index contributed by atoms with van der Waals surface area (Å²) in [7, 11) is -3.92. The molecule has 0 atom stereocenters. The van der Waals surface area contributed by atoms with Gasteiger partial charge < -0.3 is 10.1 Å². The Morgan fingerprint density at radius 2 is 1.61 bits per heavy atom. The van der Waals surface area contributed by atoms with Gasteiger partial charge in [0, 0.05) is 5.02 Å². The van der Waals surface area contributed by atoms with Crippen LogP contribution in [0.25, 0.3) is 0 Å². The number of sulfonamides is 1. The number of benzene rings is 3. The number of anilines is 1. The molecule has 0 saturated carbocycles. The Kier molecular flexibility index (Phi) is 7.55. The van der Waals surface area contributed by atoms with Crippen LogP contribution in [0.2, 0.25) is 5.02 Å². The number of aryl methyl sites for hydroxylation is 1. The number of amides is 1. The Morgan fingerprint density at radius 1 is 0.968 bits per heavy atom. The number of hydrogen-bond donors (Lipinski definition) is 1. The fourth-order valence-corrected chi connectivity index (χ4v) is 4.57. The molecule has 0 aromatic heterocycles. The molecule has 3 aromatic carbocycles. The summed E-state index contributed by atoms with van der Waals surface area (Å²) in [6.45, 7) is 1.93. The molecule has 3 rings (SSSR count). The van der Waals surface area contributed by atoms with E-state index in [1.54, 1.807) is 67.6 Å². The number of carbonyl (C=O) groups is 1. The Morgan fingerprint density at radius 3 is 2.29 bits per heavy atom. The minimum absolute atomic E-state index is 0.122. The van der Waals surface area contributed by atoms with Crippen molar-refractivity contribution >= 4 is 33.2 Å². The van der Waals surface area contributed by atoms with Crippen LogP contribution in [-0.4, -0.2) is 34.0 Å². The zero-order valence-electron chi connectivity index (χ0n) is 17.0. The fourth-order valence-electron chi connectivity index (χ4n) is 2.94. The van der Waals surface area contributed by atoms with Gasteiger partial charge in [-0.25, -0.2) is 8.42 Å². The summed E-state index contributed by atoms with van der Waals surface area (Å²) < 4.78 is 33.2. The first-order valence-corrected chi connectivity index (χ1v) is 11.5. The topological polar surface area (TPSA) is 75.7 Å². The molecule has 1 N–H and O–H groups in total. The molecule has 0 fully saturated rings. The molecule has 0 aliphatic rings. The van der Waals surface area contributed by atoms with Gasteiger partial charge in [0.05, 0.1) is 17.1 Å². The maximum Gasteiger partial charge on any atom is 0.264 e. The Labute approximate surface area is 187 Å². The Bertz CT molecular complexity index is 1120. The number of hydrogen-bond acceptors (Lipinski definition) is 4. The molecule has 0 spiro atoms. The van der Waals surface area contributed by atoms with Crippen molar-refractivity contribution in [2.24, 2.45) is 0 Å². The van der Waals surface area contributed by atoms with Gasteiger partial charge in [0.25, 0.3) is 10.0 Å². The molecule has 0 aliphatic carbocycles. The summed E-state index contributed by atoms with van der Waals surface area (Å²) in [4.78, 5) is 12.7. The number of para-hydroxylation sites is 1. The van der Waals surface area contributed by atoms with Crippen molar-refractivity contribution in [3.05, 3.63) is 89.4 Å². The lowest BCUT2D eigenvalue weighted by atomic mass is 10.2. The smallest absolute Gasteiger partial charge is 0.264 e. The van der Waals surface area contributed by atoms with Gasteiger partial charge in [-0.3, -0.25) is 9.10 Å². The van der Waals surface area contributed by atoms with E-state index in [0.717, 1.165) is 9.87 Å². The summed E-state index contributed by atoms with van der Waals surface area (Å²) in [5, 5.41) is 3.32. The quantitative estimate of drug-likeness (QED) is 0.491. The van der Waals surface area contributed by atoms with Crippen LogP contribution in [0.1, 0.15) is 5.56 Å². The van der Waals surface area contributed by atoms with Crippen molar-refractivity contribution in [3.63, 3.8) is 0 Å². The summed E-state index contributed by atoms with van der Waals surface area (Å²) in [6.07, 6.45) is 0. The van der Waals surface area contributed by atoms with E-state index < -0.39 is 15.9 Å². The summed E-state index contributed by atoms with van der Waals surface area (Å²) in [5.41, 5.74) is 1.21. The molecule has 3 aromatic rings. The second-order valence-electron chi connectivity index (χ2n) is 6.76. The second-order valence-corrected chi connectivity index (χ2v) is 9.06. The highest BCUT2D eigenvalue weighted by Crippen LogP contribution is 2.26. The number of carbonyl (C=O) groups excluding carboxylic acids is 1. The lowest BCUT2D eigenvalue weighted by molar-refractivity contribution is -0.119. The van der Waals surface area contributed by atoms with E-state index in [4.69, 9.17) is 16.3 Å². The average Bonchev–Trinajstić information content (AvgIpc) is 2.77. The van der Waals surface area contributed by atoms with Gasteiger partial charge in [0.15, 0.2) is 0 Å². The SMILES string of the molecule is Cc1ccccc1N(CC(=O)NCCOc1ccc(Cl)cc1)S(=O)(=O)c1ccccc1. The van der Waals surface area contributed by atoms with Gasteiger partial charge in [0.2, 0.25) is 5.91 Å². The van der Waals surface area contributed by atoms with Gasteiger partial charge in [-0.1, -0.05) is 48.0 Å². The highest BCUT2D eigenvalue weighted by atomic mass is 35.5. The molecule has 0 radical (unpaired) electrons. The first kappa shape index (κ1) is 22.7. The Balaban J connectivity index is 1.69. The maximum absolute atomic E-state index is 13.3. The summed E-state index contributed by atoms with van der Waals surface area (Å²) in [6, 6.07) is 22.0. The molecule has 0 unspecified atom stereocenters. The zero-order chi connectivity index (χ0) is 22.3. The van der Waals surface area contributed by atoms with Crippen LogP contribution < -0.4 is 14.4 Å². The summed E-state index contributed by atoms with van der Waals surface area (Å²) in [5.74, 6) is 0.203. The zero-order valence-corrected chi connectivity index (χ0v) is 18.6. The normalized spacial score (nSPS) is 11.0. The number of ether oxygens (including phenoxy) is 1. The fraction of sp³-hybridized carbons (Fsp3) is 0.174. The van der Waals surface area contributed by atoms with Crippen molar-refractivity contribution in [2.75, 3.05) is 24.0 Å². The molecule has 0 heterocycles. The Hall–Kier alpha value is -3.03. The van der Waals surface area contributed by atoms with Crippen LogP contribution in [0.5, 0.6) is 5.75 Å². The number of nitrogens with one attached hydrogen (secondary N) is 1. The molecular formula is C23H23ClN2O4S. The van der Waals surface area contributed by atoms with Crippen LogP contribution in [0, 0.1) is 6.92 Å². The molecule has 0 bridgehead atoms. The largest absolute Gasteiger partial charge is 0.492 e. The van der Waals surface area contributed by atoms with E-state index in [9.17, 15) is 13.2 Å². The molecule has 0 saturated heterocycles. The van der Waals surface area contributed by atoms with E-state index in [0.29, 0.717) is 16.5 Å². The lowest BCUT2D eigenvalue weighted by Gasteiger charge is -2.25. The predicted octanol–water partition coefficient (Wildman–Crippen LogP) is 4.04. The third kappa shape index (κ3) is 5.99. The number of nitrogens with zero attached hydrogens (tertiary/aromatic N) is 1. The maximum atomic E-state index is 13.3. The predicted molar refractivity (Wildman–Crippen MR) is 122 cm³/mol. The third-order valence-electron chi connectivity index (χ3n) is 4.51. The van der Waals surface area contributed by atoms with E-state index >= 15 is 0 Å². The monoisotopic (exact) mass is 458 g/mol. The lowest BCUT2D eigenvalue weighted by Crippen LogP contribution is -2.42. The van der Waals surface area contributed by atoms with Gasteiger partial charge in [-0.05, 0) is 55.0 Å². The molecule has 8 heteroatoms. The first-order valence-electron chi connectivity index (χ1n) is 9.66. The highest BCUT2D eigenvalue weighted by molar-refractivity contribution is 7.92. The van der Waals surface area contributed by atoms with Gasteiger partial charge >= 0.3 is 0 Å². The van der Waals surface area contributed by atoms with Gasteiger partial charge in [-0.2, -0.15) is 0 Å². The third-order valence-corrected chi connectivity index (χ3v) is 6.54. The van der Waals surface area contributed by atoms with Crippen molar-refractivity contribution in [1.82, 2.24) is 5.32 Å². The van der Waals surface area contributed by atoms with E-state index in [2.05, 4.69) is 5.32 Å². The van der Waals surface area contributed by atoms with Crippen molar-refractivity contribution in [3.8, 4) is 5.75 Å². The van der Waals surface area contributed by atoms with Crippen LogP contribution >= 0.6 is 11.6 Å². The van der Waals surface area contributed by atoms with Crippen molar-refractivity contribution in [2.45, 2.75) is 11.8 Å². The van der Waals surface area contributed by atoms with E-state index in [1.807, 2.05) is 6.07 Å². The van der Waals surface area contributed by atoms with Crippen LogP contribution in [0.15, 0.2) is 83.8 Å². The molecular weight excluding hydrogens is 436 g/mol. The minimum Gasteiger partial charge on any atom is -0.492 e. The number of rotatable bonds is 9. The van der Waals surface area contributed by atoms with Crippen molar-refractivity contribution in [1.29, 1.82) is 0 Å². The molecule has 162 valence electrons. The molecule has 6 nitrogen and oxygen atoms in total. The standard InChI is InChI=1S/C23H23ClN2O4S/c1-18-7-5-6-10-22(18)26(31(28,29)21-8-3-2-4-9-21)17-23(27)25-15-16-30-20-13-11-19(24)12-14-20/h2-14H,15-17H2,1H3,(H,25,27). The minimum atomic E-state index is -3.92. The average molecular weight is 459 g/mol. The molecule has 31 heavy (non-hydrogen) atoms. The molecule has 0 aliphatic heterocycles.